The van der Waals surface area contributed by atoms with E-state index in [4.69, 9.17) is 26.2 Å². The number of methoxy groups -OCH3 is 1. The zero-order valence-electron chi connectivity index (χ0n) is 27.2. The van der Waals surface area contributed by atoms with E-state index in [2.05, 4.69) is 65.1 Å². The van der Waals surface area contributed by atoms with Gasteiger partial charge in [0.2, 0.25) is 0 Å². The van der Waals surface area contributed by atoms with E-state index in [9.17, 15) is 4.79 Å². The number of nitrogens with one attached hydrogen (secondary N) is 1. The summed E-state index contributed by atoms with van der Waals surface area (Å²) in [7, 11) is 1.63. The maximum Gasteiger partial charge on any atom is 0.270 e. The van der Waals surface area contributed by atoms with Crippen molar-refractivity contribution in [1.82, 2.24) is 15.1 Å². The molecule has 0 saturated heterocycles. The van der Waals surface area contributed by atoms with Gasteiger partial charge in [-0.3, -0.25) is 4.79 Å². The fourth-order valence-corrected chi connectivity index (χ4v) is 5.16. The molecule has 0 aliphatic carbocycles. The van der Waals surface area contributed by atoms with Crippen molar-refractivity contribution in [3.05, 3.63) is 94.6 Å². The number of rotatable bonds is 14. The van der Waals surface area contributed by atoms with Gasteiger partial charge in [-0.1, -0.05) is 83.5 Å². The summed E-state index contributed by atoms with van der Waals surface area (Å²) in [4.78, 5) is 13.4. The lowest BCUT2D eigenvalue weighted by Crippen LogP contribution is -2.27. The van der Waals surface area contributed by atoms with Gasteiger partial charge in [-0.25, -0.2) is 4.68 Å². The standard InChI is InChI=1S/C37H46ClN3O3/c1-8-36(3,4)27-18-19-34(31(23-27)37(5,6)9-2)44-21-11-10-20-39-35(42)33-25-32(26-14-12-17-30(22-26)43-7)40-41(33)29-16-13-15-28(38)24-29/h12-19,22-25H,8-11,20-21H2,1-7H3,(H,39,42). The van der Waals surface area contributed by atoms with Crippen LogP contribution in [0.15, 0.2) is 72.8 Å². The molecule has 234 valence electrons. The molecule has 7 heteroatoms. The Morgan fingerprint density at radius 3 is 2.36 bits per heavy atom. The van der Waals surface area contributed by atoms with Crippen molar-refractivity contribution >= 4 is 17.5 Å². The van der Waals surface area contributed by atoms with Crippen LogP contribution in [0.2, 0.25) is 5.02 Å². The molecule has 0 spiro atoms. The lowest BCUT2D eigenvalue weighted by Gasteiger charge is -2.30. The minimum atomic E-state index is -0.200. The second-order valence-corrected chi connectivity index (χ2v) is 13.0. The van der Waals surface area contributed by atoms with Crippen LogP contribution in [0.3, 0.4) is 0 Å². The first-order valence-electron chi connectivity index (χ1n) is 15.6. The van der Waals surface area contributed by atoms with E-state index in [1.165, 1.54) is 11.1 Å². The van der Waals surface area contributed by atoms with Gasteiger partial charge in [0.1, 0.15) is 17.2 Å². The quantitative estimate of drug-likeness (QED) is 0.144. The molecule has 1 amide bonds. The van der Waals surface area contributed by atoms with Crippen LogP contribution in [0.25, 0.3) is 16.9 Å². The highest BCUT2D eigenvalue weighted by Crippen LogP contribution is 2.38. The summed E-state index contributed by atoms with van der Waals surface area (Å²) in [5.74, 6) is 1.47. The Hall–Kier alpha value is -3.77. The summed E-state index contributed by atoms with van der Waals surface area (Å²) >= 11 is 6.27. The predicted octanol–water partition coefficient (Wildman–Crippen LogP) is 9.17. The summed E-state index contributed by atoms with van der Waals surface area (Å²) < 4.78 is 13.4. The first-order chi connectivity index (χ1) is 21.0. The molecule has 4 aromatic rings. The fraction of sp³-hybridized carbons (Fsp3) is 0.405. The van der Waals surface area contributed by atoms with Crippen molar-refractivity contribution in [3.63, 3.8) is 0 Å². The average molecular weight is 616 g/mol. The van der Waals surface area contributed by atoms with E-state index in [-0.39, 0.29) is 16.7 Å². The topological polar surface area (TPSA) is 65.4 Å². The van der Waals surface area contributed by atoms with Crippen molar-refractivity contribution in [2.24, 2.45) is 0 Å². The highest BCUT2D eigenvalue weighted by molar-refractivity contribution is 6.30. The van der Waals surface area contributed by atoms with Gasteiger partial charge in [-0.15, -0.1) is 0 Å². The number of benzene rings is 3. The number of unbranched alkanes of at least 4 members (excludes halogenated alkanes) is 1. The summed E-state index contributed by atoms with van der Waals surface area (Å²) in [6, 6.07) is 23.4. The number of halogens is 1. The molecule has 3 aromatic carbocycles. The molecular weight excluding hydrogens is 570 g/mol. The smallest absolute Gasteiger partial charge is 0.270 e. The molecule has 44 heavy (non-hydrogen) atoms. The zero-order valence-corrected chi connectivity index (χ0v) is 27.9. The number of ether oxygens (including phenoxy) is 2. The minimum absolute atomic E-state index is 0.0127. The van der Waals surface area contributed by atoms with Crippen LogP contribution in [0.5, 0.6) is 11.5 Å². The van der Waals surface area contributed by atoms with E-state index >= 15 is 0 Å². The molecule has 1 aromatic heterocycles. The molecule has 1 heterocycles. The van der Waals surface area contributed by atoms with Crippen LogP contribution in [0.4, 0.5) is 0 Å². The number of aromatic nitrogens is 2. The molecule has 0 radical (unpaired) electrons. The first-order valence-corrected chi connectivity index (χ1v) is 15.9. The lowest BCUT2D eigenvalue weighted by molar-refractivity contribution is 0.0944. The fourth-order valence-electron chi connectivity index (χ4n) is 4.97. The zero-order chi connectivity index (χ0) is 31.9. The second-order valence-electron chi connectivity index (χ2n) is 12.5. The molecule has 0 bridgehead atoms. The van der Waals surface area contributed by atoms with E-state index in [1.807, 2.05) is 36.4 Å². The van der Waals surface area contributed by atoms with Gasteiger partial charge < -0.3 is 14.8 Å². The number of nitrogens with zero attached hydrogens (tertiary/aromatic N) is 2. The van der Waals surface area contributed by atoms with Crippen LogP contribution >= 0.6 is 11.6 Å². The van der Waals surface area contributed by atoms with Crippen LogP contribution in [0, 0.1) is 0 Å². The maximum absolute atomic E-state index is 13.4. The summed E-state index contributed by atoms with van der Waals surface area (Å²) in [5, 5.41) is 8.41. The summed E-state index contributed by atoms with van der Waals surface area (Å²) in [6.07, 6.45) is 3.70. The van der Waals surface area contributed by atoms with E-state index in [1.54, 1.807) is 30.0 Å². The van der Waals surface area contributed by atoms with Gasteiger partial charge in [-0.2, -0.15) is 5.10 Å². The Morgan fingerprint density at radius 2 is 1.66 bits per heavy atom. The Morgan fingerprint density at radius 1 is 0.909 bits per heavy atom. The summed E-state index contributed by atoms with van der Waals surface area (Å²) in [6.45, 7) is 14.7. The van der Waals surface area contributed by atoms with Crippen LogP contribution in [-0.4, -0.2) is 35.9 Å². The molecule has 6 nitrogen and oxygen atoms in total. The molecule has 0 saturated carbocycles. The molecule has 0 atom stereocenters. The van der Waals surface area contributed by atoms with Crippen molar-refractivity contribution in [2.75, 3.05) is 20.3 Å². The number of amides is 1. The second kappa shape index (κ2) is 14.3. The van der Waals surface area contributed by atoms with Gasteiger partial charge in [0.25, 0.3) is 5.91 Å². The van der Waals surface area contributed by atoms with Crippen LogP contribution in [0.1, 0.15) is 88.8 Å². The van der Waals surface area contributed by atoms with E-state index < -0.39 is 0 Å². The average Bonchev–Trinajstić information content (AvgIpc) is 3.48. The molecule has 0 fully saturated rings. The summed E-state index contributed by atoms with van der Waals surface area (Å²) in [5.41, 5.74) is 5.40. The van der Waals surface area contributed by atoms with E-state index in [0.29, 0.717) is 35.2 Å². The molecule has 1 N–H and O–H groups in total. The van der Waals surface area contributed by atoms with Gasteiger partial charge in [0.15, 0.2) is 0 Å². The Balaban J connectivity index is 1.42. The van der Waals surface area contributed by atoms with Gasteiger partial charge in [0.05, 0.1) is 25.1 Å². The Labute approximate surface area is 267 Å². The third-order valence-electron chi connectivity index (χ3n) is 8.73. The maximum atomic E-state index is 13.4. The SMILES string of the molecule is CCC(C)(C)c1ccc(OCCCCNC(=O)c2cc(-c3cccc(OC)c3)nn2-c2cccc(Cl)c2)c(C(C)(C)CC)c1. The van der Waals surface area contributed by atoms with Crippen LogP contribution in [-0.2, 0) is 10.8 Å². The molecular formula is C37H46ClN3O3. The third-order valence-corrected chi connectivity index (χ3v) is 8.97. The van der Waals surface area contributed by atoms with Crippen molar-refractivity contribution < 1.29 is 14.3 Å². The Bertz CT molecular complexity index is 1570. The highest BCUT2D eigenvalue weighted by Gasteiger charge is 2.26. The van der Waals surface area contributed by atoms with Gasteiger partial charge >= 0.3 is 0 Å². The minimum Gasteiger partial charge on any atom is -0.497 e. The predicted molar refractivity (Wildman–Crippen MR) is 181 cm³/mol. The first kappa shape index (κ1) is 33.1. The number of hydrogen-bond donors (Lipinski definition) is 1. The number of carbonyl (C=O) groups excluding carboxylic acids is 1. The van der Waals surface area contributed by atoms with Crippen molar-refractivity contribution in [1.29, 1.82) is 0 Å². The molecule has 0 aliphatic rings. The number of carbonyl (C=O) groups is 1. The Kier molecular flexibility index (Phi) is 10.8. The van der Waals surface area contributed by atoms with Crippen LogP contribution < -0.4 is 14.8 Å². The largest absolute Gasteiger partial charge is 0.497 e. The third kappa shape index (κ3) is 7.84. The lowest BCUT2D eigenvalue weighted by atomic mass is 9.76. The number of hydrogen-bond acceptors (Lipinski definition) is 4. The highest BCUT2D eigenvalue weighted by atomic mass is 35.5. The molecule has 0 aliphatic heterocycles. The normalized spacial score (nSPS) is 11.8. The van der Waals surface area contributed by atoms with Gasteiger partial charge in [-0.05, 0) is 84.5 Å². The van der Waals surface area contributed by atoms with E-state index in [0.717, 1.165) is 42.7 Å². The van der Waals surface area contributed by atoms with Crippen molar-refractivity contribution in [2.45, 2.75) is 78.1 Å². The monoisotopic (exact) mass is 615 g/mol. The van der Waals surface area contributed by atoms with Crippen molar-refractivity contribution in [3.8, 4) is 28.4 Å². The molecule has 0 unspecified atom stereocenters. The molecule has 4 rings (SSSR count). The van der Waals surface area contributed by atoms with Gasteiger partial charge in [0, 0.05) is 22.7 Å².